The van der Waals surface area contributed by atoms with E-state index in [9.17, 15) is 9.18 Å². The first kappa shape index (κ1) is 24.9. The summed E-state index contributed by atoms with van der Waals surface area (Å²) in [7, 11) is 0. The quantitative estimate of drug-likeness (QED) is 0.270. The van der Waals surface area contributed by atoms with Crippen LogP contribution in [0.25, 0.3) is 0 Å². The number of ether oxygens (including phenoxy) is 2. The second-order valence-corrected chi connectivity index (χ2v) is 11.4. The van der Waals surface area contributed by atoms with Crippen molar-refractivity contribution in [2.24, 2.45) is 5.41 Å². The SMILES string of the molecule is O=Cc1cc(F)ccc1Oc1nnc(Cl)c(N2CC3(CC(Oc4ccnc5c4CN([CH2][Pb])CC5)C3)C2)n1. The van der Waals surface area contributed by atoms with Gasteiger partial charge >= 0.3 is 147 Å². The summed E-state index contributed by atoms with van der Waals surface area (Å²) in [4.78, 5) is 24.8. The van der Waals surface area contributed by atoms with Gasteiger partial charge in [-0.05, 0) is 18.2 Å². The number of fused-ring (bicyclic) bond motifs is 1. The molecular formula is C25H23ClFN6O3Pb. The van der Waals surface area contributed by atoms with E-state index in [1.54, 1.807) is 0 Å². The molecule has 0 unspecified atom stereocenters. The second kappa shape index (κ2) is 10.0. The largest absolute Gasteiger partial charge is 0.173 e. The van der Waals surface area contributed by atoms with Gasteiger partial charge in [0.05, 0.1) is 5.56 Å². The average molecular weight is 717 g/mol. The number of carbonyl (C=O) groups excluding carboxylic acids is 1. The summed E-state index contributed by atoms with van der Waals surface area (Å²) in [6, 6.07) is 5.58. The van der Waals surface area contributed by atoms with Crippen LogP contribution in [0.5, 0.6) is 17.5 Å². The predicted molar refractivity (Wildman–Crippen MR) is 134 cm³/mol. The molecule has 6 rings (SSSR count). The fourth-order valence-electron chi connectivity index (χ4n) is 5.39. The summed E-state index contributed by atoms with van der Waals surface area (Å²) in [6.45, 7) is 3.56. The molecule has 3 aromatic rings. The Morgan fingerprint density at radius 2 is 2.05 bits per heavy atom. The van der Waals surface area contributed by atoms with Crippen molar-refractivity contribution in [3.8, 4) is 17.5 Å². The van der Waals surface area contributed by atoms with E-state index in [4.69, 9.17) is 21.1 Å². The molecule has 12 heteroatoms. The van der Waals surface area contributed by atoms with Crippen LogP contribution in [0.1, 0.15) is 34.5 Å². The van der Waals surface area contributed by atoms with Crippen LogP contribution in [0.2, 0.25) is 5.15 Å². The molecule has 1 aromatic carbocycles. The fourth-order valence-corrected chi connectivity index (χ4v) is 6.64. The predicted octanol–water partition coefficient (Wildman–Crippen LogP) is 3.20. The molecule has 9 nitrogen and oxygen atoms in total. The van der Waals surface area contributed by atoms with Crippen LogP contribution in [0.15, 0.2) is 30.5 Å². The standard InChI is InChI=1S/C25H23ClFN6O3.Pb/c1-32-7-5-19-18(11-32)21(4-6-28-19)35-17-9-25(10-17)13-33(14-25)23-22(26)30-31-24(29-23)36-20-3-2-16(27)8-15(20)12-34;/h2-4,6,8,12,17H,1,5,7,9-11,13-14H2;. The molecule has 2 fully saturated rings. The van der Waals surface area contributed by atoms with Crippen LogP contribution < -0.4 is 14.4 Å². The molecule has 3 aliphatic rings. The van der Waals surface area contributed by atoms with Gasteiger partial charge in [0.15, 0.2) is 11.4 Å². The van der Waals surface area contributed by atoms with Crippen LogP contribution >= 0.6 is 11.6 Å². The van der Waals surface area contributed by atoms with E-state index in [0.29, 0.717) is 12.1 Å². The number of carbonyl (C=O) groups is 1. The second-order valence-electron chi connectivity index (χ2n) is 9.81. The minimum Gasteiger partial charge on any atom is -0.173 e. The third-order valence-corrected chi connectivity index (χ3v) is 9.23. The molecule has 3 radical (unpaired) electrons. The van der Waals surface area contributed by atoms with Gasteiger partial charge in [-0.25, -0.2) is 4.39 Å². The normalized spacial score (nSPS) is 18.6. The van der Waals surface area contributed by atoms with Crippen molar-refractivity contribution in [3.05, 3.63) is 58.3 Å². The van der Waals surface area contributed by atoms with Gasteiger partial charge in [-0.15, -0.1) is 5.10 Å². The third-order valence-electron chi connectivity index (χ3n) is 7.25. The maximum Gasteiger partial charge on any atom is -0.173 e. The van der Waals surface area contributed by atoms with Gasteiger partial charge < -0.3 is 4.74 Å². The van der Waals surface area contributed by atoms with Crippen LogP contribution in [0, 0.1) is 11.2 Å². The Labute approximate surface area is 234 Å². The summed E-state index contributed by atoms with van der Waals surface area (Å²) in [6.07, 6.45) is 5.46. The molecule has 0 atom stereocenters. The summed E-state index contributed by atoms with van der Waals surface area (Å²) in [5, 5.41) is 8.01. The van der Waals surface area contributed by atoms with E-state index in [0.717, 1.165) is 92.8 Å². The Balaban J connectivity index is 1.08. The molecular weight excluding hydrogens is 694 g/mol. The minimum absolute atomic E-state index is 0.0585. The summed E-state index contributed by atoms with van der Waals surface area (Å²) >= 11 is 7.46. The number of hydrogen-bond donors (Lipinski definition) is 0. The monoisotopic (exact) mass is 717 g/mol. The number of rotatable bonds is 7. The van der Waals surface area contributed by atoms with E-state index in [2.05, 4.69) is 25.1 Å². The summed E-state index contributed by atoms with van der Waals surface area (Å²) in [5.41, 5.74) is 2.63. The smallest absolute Gasteiger partial charge is 0.173 e. The molecule has 0 N–H and O–H groups in total. The van der Waals surface area contributed by atoms with E-state index >= 15 is 0 Å². The van der Waals surface area contributed by atoms with Crippen molar-refractivity contribution in [2.45, 2.75) is 31.9 Å². The average Bonchev–Trinajstić information content (AvgIpc) is 2.86. The maximum atomic E-state index is 13.4. The zero-order valence-electron chi connectivity index (χ0n) is 19.9. The first-order valence-electron chi connectivity index (χ1n) is 12.0. The molecule has 189 valence electrons. The molecule has 1 aliphatic carbocycles. The van der Waals surface area contributed by atoms with Gasteiger partial charge in [0.1, 0.15) is 11.6 Å². The first-order chi connectivity index (χ1) is 17.9. The van der Waals surface area contributed by atoms with Crippen molar-refractivity contribution < 1.29 is 18.7 Å². The van der Waals surface area contributed by atoms with Crippen LogP contribution in [-0.2, 0) is 13.0 Å². The van der Waals surface area contributed by atoms with Crippen molar-refractivity contribution in [1.29, 1.82) is 0 Å². The van der Waals surface area contributed by atoms with Crippen LogP contribution in [0.4, 0.5) is 10.2 Å². The zero-order chi connectivity index (χ0) is 25.6. The molecule has 0 amide bonds. The number of pyridine rings is 1. The number of aldehydes is 1. The van der Waals surface area contributed by atoms with E-state index < -0.39 is 5.82 Å². The van der Waals surface area contributed by atoms with Crippen molar-refractivity contribution in [2.75, 3.05) is 28.6 Å². The van der Waals surface area contributed by atoms with E-state index in [-0.39, 0.29) is 34.0 Å². The van der Waals surface area contributed by atoms with Crippen LogP contribution in [0.3, 0.4) is 0 Å². The van der Waals surface area contributed by atoms with Crippen molar-refractivity contribution in [3.63, 3.8) is 0 Å². The molecule has 4 heterocycles. The Morgan fingerprint density at radius 3 is 2.84 bits per heavy atom. The maximum absolute atomic E-state index is 13.4. The molecule has 2 aliphatic heterocycles. The van der Waals surface area contributed by atoms with Gasteiger partial charge in [-0.1, -0.05) is 16.7 Å². The number of aromatic nitrogens is 4. The third kappa shape index (κ3) is 4.90. The molecule has 1 spiro atoms. The summed E-state index contributed by atoms with van der Waals surface area (Å²) in [5.74, 6) is 1.06. The van der Waals surface area contributed by atoms with Gasteiger partial charge in [0.2, 0.25) is 0 Å². The molecule has 0 bridgehead atoms. The van der Waals surface area contributed by atoms with Crippen molar-refractivity contribution >= 4 is 49.5 Å². The molecule has 2 aromatic heterocycles. The van der Waals surface area contributed by atoms with Gasteiger partial charge in [-0.3, -0.25) is 4.79 Å². The topological polar surface area (TPSA) is 93.6 Å². The number of hydrogen-bond acceptors (Lipinski definition) is 9. The minimum atomic E-state index is -0.535. The Kier molecular flexibility index (Phi) is 6.74. The van der Waals surface area contributed by atoms with Gasteiger partial charge in [0, 0.05) is 0 Å². The number of nitrogens with zero attached hydrogens (tertiary/aromatic N) is 6. The van der Waals surface area contributed by atoms with Crippen molar-refractivity contribution in [1.82, 2.24) is 25.1 Å². The van der Waals surface area contributed by atoms with Gasteiger partial charge in [0.25, 0.3) is 0 Å². The van der Waals surface area contributed by atoms with E-state index in [1.165, 1.54) is 17.7 Å². The first-order valence-corrected chi connectivity index (χ1v) is 15.2. The fraction of sp³-hybridized carbons (Fsp3) is 0.400. The summed E-state index contributed by atoms with van der Waals surface area (Å²) < 4.78 is 26.6. The molecule has 1 saturated carbocycles. The zero-order valence-corrected chi connectivity index (χ0v) is 24.5. The molecule has 37 heavy (non-hydrogen) atoms. The Bertz CT molecular complexity index is 1350. The number of benzene rings is 1. The van der Waals surface area contributed by atoms with E-state index in [1.807, 2.05) is 17.2 Å². The Hall–Kier alpha value is -2.45. The van der Waals surface area contributed by atoms with Crippen LogP contribution in [-0.4, -0.2) is 87.0 Å². The Morgan fingerprint density at radius 1 is 1.22 bits per heavy atom. The van der Waals surface area contributed by atoms with Gasteiger partial charge in [-0.2, -0.15) is 4.98 Å². The molecule has 1 saturated heterocycles. The number of halogens is 2. The number of anilines is 1.